The highest BCUT2D eigenvalue weighted by Gasteiger charge is 2.11. The van der Waals surface area contributed by atoms with Gasteiger partial charge in [-0.2, -0.15) is 0 Å². The van der Waals surface area contributed by atoms with Crippen molar-refractivity contribution in [1.29, 1.82) is 0 Å². The number of hydrogen-bond donors (Lipinski definition) is 2. The number of aromatic amines is 1. The van der Waals surface area contributed by atoms with Crippen LogP contribution < -0.4 is 10.1 Å². The van der Waals surface area contributed by atoms with Crippen molar-refractivity contribution in [2.75, 3.05) is 12.4 Å². The molecule has 0 bridgehead atoms. The molecule has 1 heterocycles. The number of fused-ring (bicyclic) bond motifs is 1. The zero-order chi connectivity index (χ0) is 16.4. The molecular formula is C18H17ClN2O2. The fourth-order valence-electron chi connectivity index (χ4n) is 2.53. The van der Waals surface area contributed by atoms with Gasteiger partial charge in [0.15, 0.2) is 0 Å². The van der Waals surface area contributed by atoms with Crippen LogP contribution in [0.25, 0.3) is 10.9 Å². The summed E-state index contributed by atoms with van der Waals surface area (Å²) in [5.41, 5.74) is 3.62. The van der Waals surface area contributed by atoms with Crippen molar-refractivity contribution in [3.63, 3.8) is 0 Å². The number of H-pyrrole nitrogens is 1. The van der Waals surface area contributed by atoms with Gasteiger partial charge in [-0.1, -0.05) is 17.7 Å². The van der Waals surface area contributed by atoms with Gasteiger partial charge >= 0.3 is 0 Å². The van der Waals surface area contributed by atoms with Crippen LogP contribution in [0.5, 0.6) is 5.75 Å². The molecule has 0 aliphatic heterocycles. The summed E-state index contributed by atoms with van der Waals surface area (Å²) in [5, 5.41) is 4.50. The molecule has 2 aromatic carbocycles. The predicted octanol–water partition coefficient (Wildman–Crippen LogP) is 4.32. The number of amides is 1. The summed E-state index contributed by atoms with van der Waals surface area (Å²) < 4.78 is 5.25. The first kappa shape index (κ1) is 15.4. The van der Waals surface area contributed by atoms with Crippen LogP contribution in [0.1, 0.15) is 11.1 Å². The van der Waals surface area contributed by atoms with Crippen molar-refractivity contribution in [2.45, 2.75) is 13.3 Å². The number of benzene rings is 2. The maximum absolute atomic E-state index is 12.3. The molecule has 0 saturated heterocycles. The quantitative estimate of drug-likeness (QED) is 0.749. The highest BCUT2D eigenvalue weighted by atomic mass is 35.5. The van der Waals surface area contributed by atoms with Crippen LogP contribution in [0, 0.1) is 6.92 Å². The Bertz CT molecular complexity index is 871. The lowest BCUT2D eigenvalue weighted by atomic mass is 10.1. The molecule has 0 aliphatic rings. The molecule has 0 aliphatic carbocycles. The first-order valence-corrected chi connectivity index (χ1v) is 7.64. The van der Waals surface area contributed by atoms with Gasteiger partial charge in [0, 0.05) is 27.8 Å². The number of halogens is 1. The summed E-state index contributed by atoms with van der Waals surface area (Å²) >= 11 is 5.98. The van der Waals surface area contributed by atoms with Gasteiger partial charge in [-0.15, -0.1) is 0 Å². The molecule has 0 spiro atoms. The summed E-state index contributed by atoms with van der Waals surface area (Å²) in [7, 11) is 1.63. The van der Waals surface area contributed by atoms with Crippen molar-refractivity contribution in [1.82, 2.24) is 4.98 Å². The fourth-order valence-corrected chi connectivity index (χ4v) is 2.70. The predicted molar refractivity (Wildman–Crippen MR) is 93.4 cm³/mol. The molecule has 0 unspecified atom stereocenters. The number of hydrogen-bond acceptors (Lipinski definition) is 2. The highest BCUT2D eigenvalue weighted by Crippen LogP contribution is 2.25. The Kier molecular flexibility index (Phi) is 4.26. The lowest BCUT2D eigenvalue weighted by Crippen LogP contribution is -2.15. The molecule has 118 valence electrons. The minimum atomic E-state index is -0.0842. The van der Waals surface area contributed by atoms with Crippen LogP contribution in [0.3, 0.4) is 0 Å². The lowest BCUT2D eigenvalue weighted by Gasteiger charge is -2.08. The van der Waals surface area contributed by atoms with E-state index in [0.29, 0.717) is 5.02 Å². The summed E-state index contributed by atoms with van der Waals surface area (Å²) in [4.78, 5) is 15.5. The van der Waals surface area contributed by atoms with E-state index in [0.717, 1.165) is 33.5 Å². The van der Waals surface area contributed by atoms with Gasteiger partial charge in [0.1, 0.15) is 5.75 Å². The van der Waals surface area contributed by atoms with Gasteiger partial charge in [-0.25, -0.2) is 0 Å². The number of rotatable bonds is 4. The summed E-state index contributed by atoms with van der Waals surface area (Å²) in [5.74, 6) is 0.684. The van der Waals surface area contributed by atoms with Gasteiger partial charge in [0.2, 0.25) is 5.91 Å². The van der Waals surface area contributed by atoms with Crippen LogP contribution in [0.4, 0.5) is 5.69 Å². The lowest BCUT2D eigenvalue weighted by molar-refractivity contribution is -0.115. The van der Waals surface area contributed by atoms with Crippen molar-refractivity contribution in [3.8, 4) is 5.75 Å². The summed E-state index contributed by atoms with van der Waals surface area (Å²) in [6.45, 7) is 1.93. The Balaban J connectivity index is 1.81. The Morgan fingerprint density at radius 2 is 2.09 bits per heavy atom. The topological polar surface area (TPSA) is 54.1 Å². The van der Waals surface area contributed by atoms with Gasteiger partial charge in [0.25, 0.3) is 0 Å². The fraction of sp³-hybridized carbons (Fsp3) is 0.167. The zero-order valence-electron chi connectivity index (χ0n) is 12.9. The molecule has 0 fully saturated rings. The monoisotopic (exact) mass is 328 g/mol. The van der Waals surface area contributed by atoms with E-state index in [1.807, 2.05) is 37.4 Å². The Morgan fingerprint density at radius 3 is 2.87 bits per heavy atom. The van der Waals surface area contributed by atoms with Crippen LogP contribution in [0.15, 0.2) is 42.6 Å². The molecule has 0 atom stereocenters. The summed E-state index contributed by atoms with van der Waals surface area (Å²) in [6.07, 6.45) is 2.13. The number of aryl methyl sites for hydroxylation is 1. The molecule has 5 heteroatoms. The number of ether oxygens (including phenoxy) is 1. The second kappa shape index (κ2) is 6.34. The molecule has 1 amide bonds. The SMILES string of the molecule is COc1ccc2[nH]cc(CC(=O)Nc3cc(Cl)ccc3C)c2c1. The minimum Gasteiger partial charge on any atom is -0.497 e. The number of carbonyl (C=O) groups excluding carboxylic acids is 1. The molecule has 4 nitrogen and oxygen atoms in total. The third-order valence-corrected chi connectivity index (χ3v) is 4.03. The highest BCUT2D eigenvalue weighted by molar-refractivity contribution is 6.31. The normalized spacial score (nSPS) is 10.7. The molecule has 23 heavy (non-hydrogen) atoms. The first-order valence-electron chi connectivity index (χ1n) is 7.27. The number of anilines is 1. The third-order valence-electron chi connectivity index (χ3n) is 3.80. The molecule has 1 aromatic heterocycles. The second-order valence-electron chi connectivity index (χ2n) is 5.41. The van der Waals surface area contributed by atoms with Gasteiger partial charge in [-0.05, 0) is 48.4 Å². The van der Waals surface area contributed by atoms with Crippen LogP contribution in [0.2, 0.25) is 5.02 Å². The zero-order valence-corrected chi connectivity index (χ0v) is 13.7. The van der Waals surface area contributed by atoms with Crippen LogP contribution >= 0.6 is 11.6 Å². The Labute approximate surface area is 139 Å². The van der Waals surface area contributed by atoms with E-state index in [1.54, 1.807) is 19.2 Å². The van der Waals surface area contributed by atoms with Crippen molar-refractivity contribution in [2.24, 2.45) is 0 Å². The van der Waals surface area contributed by atoms with Crippen LogP contribution in [-0.4, -0.2) is 18.0 Å². The van der Waals surface area contributed by atoms with E-state index in [2.05, 4.69) is 10.3 Å². The first-order chi connectivity index (χ1) is 11.1. The third kappa shape index (κ3) is 3.32. The molecule has 3 rings (SSSR count). The van der Waals surface area contributed by atoms with Crippen LogP contribution in [-0.2, 0) is 11.2 Å². The number of methoxy groups -OCH3 is 1. The molecular weight excluding hydrogens is 312 g/mol. The largest absolute Gasteiger partial charge is 0.497 e. The maximum Gasteiger partial charge on any atom is 0.228 e. The second-order valence-corrected chi connectivity index (χ2v) is 5.85. The van der Waals surface area contributed by atoms with Crippen molar-refractivity contribution < 1.29 is 9.53 Å². The van der Waals surface area contributed by atoms with E-state index in [9.17, 15) is 4.79 Å². The van der Waals surface area contributed by atoms with E-state index < -0.39 is 0 Å². The van der Waals surface area contributed by atoms with Gasteiger partial charge < -0.3 is 15.0 Å². The van der Waals surface area contributed by atoms with Crippen molar-refractivity contribution in [3.05, 3.63) is 58.7 Å². The average Bonchev–Trinajstić information content (AvgIpc) is 2.93. The van der Waals surface area contributed by atoms with Gasteiger partial charge in [0.05, 0.1) is 13.5 Å². The number of nitrogens with one attached hydrogen (secondary N) is 2. The van der Waals surface area contributed by atoms with E-state index in [-0.39, 0.29) is 12.3 Å². The maximum atomic E-state index is 12.3. The molecule has 2 N–H and O–H groups in total. The standard InChI is InChI=1S/C18H17ClN2O2/c1-11-3-4-13(19)8-17(11)21-18(22)7-12-10-20-16-6-5-14(23-2)9-15(12)16/h3-6,8-10,20H,7H2,1-2H3,(H,21,22). The smallest absolute Gasteiger partial charge is 0.228 e. The van der Waals surface area contributed by atoms with Gasteiger partial charge in [-0.3, -0.25) is 4.79 Å². The molecule has 0 saturated carbocycles. The van der Waals surface area contributed by atoms with E-state index in [4.69, 9.17) is 16.3 Å². The Morgan fingerprint density at radius 1 is 1.26 bits per heavy atom. The number of carbonyl (C=O) groups is 1. The molecule has 3 aromatic rings. The number of aromatic nitrogens is 1. The van der Waals surface area contributed by atoms with E-state index >= 15 is 0 Å². The molecule has 0 radical (unpaired) electrons. The summed E-state index contributed by atoms with van der Waals surface area (Å²) in [6, 6.07) is 11.2. The minimum absolute atomic E-state index is 0.0842. The average molecular weight is 329 g/mol. The van der Waals surface area contributed by atoms with E-state index in [1.165, 1.54) is 0 Å². The Hall–Kier alpha value is -2.46. The van der Waals surface area contributed by atoms with Crippen molar-refractivity contribution >= 4 is 34.1 Å².